The van der Waals surface area contributed by atoms with Crippen molar-refractivity contribution < 1.29 is 23.9 Å². The fraction of sp³-hybridized carbons (Fsp3) is 0.640. The number of ether oxygens (including phenoxy) is 2. The Hall–Kier alpha value is -2.57. The molecule has 0 radical (unpaired) electrons. The molecule has 1 aromatic carbocycles. The Morgan fingerprint density at radius 3 is 1.81 bits per heavy atom. The van der Waals surface area contributed by atoms with Crippen molar-refractivity contribution in [2.75, 3.05) is 13.2 Å². The molecule has 0 heterocycles. The van der Waals surface area contributed by atoms with Gasteiger partial charge in [-0.1, -0.05) is 71.1 Å². The van der Waals surface area contributed by atoms with Crippen LogP contribution in [0.2, 0.25) is 0 Å². The first kappa shape index (κ1) is 27.5. The number of carbonyl (C=O) groups excluding carboxylic acids is 3. The molecule has 7 heteroatoms. The highest BCUT2D eigenvalue weighted by molar-refractivity contribution is 5.89. The third-order valence-corrected chi connectivity index (χ3v) is 5.08. The van der Waals surface area contributed by atoms with E-state index in [1.807, 2.05) is 0 Å². The quantitative estimate of drug-likeness (QED) is 0.197. The van der Waals surface area contributed by atoms with Crippen LogP contribution in [0.1, 0.15) is 101 Å². The molecule has 1 aromatic rings. The van der Waals surface area contributed by atoms with Crippen molar-refractivity contribution in [3.63, 3.8) is 0 Å². The molecule has 0 aromatic heterocycles. The fourth-order valence-electron chi connectivity index (χ4n) is 3.24. The Bertz CT molecular complexity index is 661. The number of amides is 2. The second kappa shape index (κ2) is 18.0. The molecule has 0 atom stereocenters. The molecule has 0 aliphatic rings. The summed E-state index contributed by atoms with van der Waals surface area (Å²) in [4.78, 5) is 35.2. The zero-order valence-electron chi connectivity index (χ0n) is 19.8. The number of hydrogen-bond donors (Lipinski definition) is 2. The molecule has 0 spiro atoms. The average Bonchev–Trinajstić information content (AvgIpc) is 2.80. The molecule has 0 saturated heterocycles. The molecular formula is C25H40N2O5. The summed E-state index contributed by atoms with van der Waals surface area (Å²) in [6.07, 6.45) is 13.9. The van der Waals surface area contributed by atoms with E-state index in [9.17, 15) is 14.4 Å². The van der Waals surface area contributed by atoms with Crippen LogP contribution in [-0.4, -0.2) is 31.0 Å². The van der Waals surface area contributed by atoms with E-state index in [-0.39, 0.29) is 12.5 Å². The van der Waals surface area contributed by atoms with Gasteiger partial charge in [0.15, 0.2) is 6.61 Å². The first-order valence-corrected chi connectivity index (χ1v) is 12.0. The molecule has 0 fully saturated rings. The Kier molecular flexibility index (Phi) is 15.5. The number of hydrogen-bond acceptors (Lipinski definition) is 5. The van der Waals surface area contributed by atoms with E-state index in [2.05, 4.69) is 17.8 Å². The number of nitrogens with one attached hydrogen (secondary N) is 2. The third kappa shape index (κ3) is 13.7. The Balaban J connectivity index is 2.02. The SMILES string of the molecule is CCCCCCCCCCCCCC(=O)NNC(=O)COc1ccc(C(=O)OCC)cc1. The zero-order chi connectivity index (χ0) is 23.4. The summed E-state index contributed by atoms with van der Waals surface area (Å²) in [5, 5.41) is 0. The summed E-state index contributed by atoms with van der Waals surface area (Å²) >= 11 is 0. The van der Waals surface area contributed by atoms with Gasteiger partial charge in [0.25, 0.3) is 5.91 Å². The van der Waals surface area contributed by atoms with E-state index in [0.717, 1.165) is 19.3 Å². The number of benzene rings is 1. The molecule has 0 saturated carbocycles. The number of esters is 1. The Morgan fingerprint density at radius 2 is 1.25 bits per heavy atom. The Morgan fingerprint density at radius 1 is 0.719 bits per heavy atom. The molecule has 180 valence electrons. The monoisotopic (exact) mass is 448 g/mol. The highest BCUT2D eigenvalue weighted by Gasteiger charge is 2.08. The second-order valence-electron chi connectivity index (χ2n) is 7.92. The summed E-state index contributed by atoms with van der Waals surface area (Å²) < 4.78 is 10.3. The zero-order valence-corrected chi connectivity index (χ0v) is 19.8. The standard InChI is InChI=1S/C25H40N2O5/c1-3-5-6-7-8-9-10-11-12-13-14-15-23(28)26-27-24(29)20-32-22-18-16-21(17-19-22)25(30)31-4-2/h16-19H,3-15,20H2,1-2H3,(H,26,28)(H,27,29). The van der Waals surface area contributed by atoms with E-state index in [1.165, 1.54) is 51.4 Å². The van der Waals surface area contributed by atoms with Gasteiger partial charge in [0.2, 0.25) is 5.91 Å². The molecule has 1 rings (SSSR count). The lowest BCUT2D eigenvalue weighted by molar-refractivity contribution is -0.130. The van der Waals surface area contributed by atoms with Crippen LogP contribution in [0.5, 0.6) is 5.75 Å². The number of rotatable bonds is 17. The van der Waals surface area contributed by atoms with Gasteiger partial charge in [-0.25, -0.2) is 4.79 Å². The van der Waals surface area contributed by atoms with Crippen LogP contribution in [0, 0.1) is 0 Å². The summed E-state index contributed by atoms with van der Waals surface area (Å²) in [5.41, 5.74) is 5.18. The van der Waals surface area contributed by atoms with Crippen molar-refractivity contribution in [1.82, 2.24) is 10.9 Å². The van der Waals surface area contributed by atoms with E-state index in [4.69, 9.17) is 9.47 Å². The van der Waals surface area contributed by atoms with Crippen molar-refractivity contribution in [3.05, 3.63) is 29.8 Å². The smallest absolute Gasteiger partial charge is 0.338 e. The van der Waals surface area contributed by atoms with Gasteiger partial charge in [0.05, 0.1) is 12.2 Å². The van der Waals surface area contributed by atoms with Gasteiger partial charge in [0.1, 0.15) is 5.75 Å². The number of hydrazine groups is 1. The minimum Gasteiger partial charge on any atom is -0.484 e. The lowest BCUT2D eigenvalue weighted by Crippen LogP contribution is -2.43. The van der Waals surface area contributed by atoms with Crippen molar-refractivity contribution in [3.8, 4) is 5.75 Å². The van der Waals surface area contributed by atoms with E-state index < -0.39 is 11.9 Å². The van der Waals surface area contributed by atoms with E-state index >= 15 is 0 Å². The van der Waals surface area contributed by atoms with Crippen LogP contribution in [0.4, 0.5) is 0 Å². The van der Waals surface area contributed by atoms with Crippen LogP contribution in [0.25, 0.3) is 0 Å². The molecule has 0 aliphatic heterocycles. The topological polar surface area (TPSA) is 93.7 Å². The molecule has 2 amide bonds. The molecule has 32 heavy (non-hydrogen) atoms. The van der Waals surface area contributed by atoms with E-state index in [0.29, 0.717) is 24.3 Å². The lowest BCUT2D eigenvalue weighted by Gasteiger charge is -2.09. The van der Waals surface area contributed by atoms with Gasteiger partial charge in [-0.05, 0) is 37.6 Å². The normalized spacial score (nSPS) is 10.4. The summed E-state index contributed by atoms with van der Waals surface area (Å²) in [5.74, 6) is -0.613. The highest BCUT2D eigenvalue weighted by Crippen LogP contribution is 2.13. The maximum absolute atomic E-state index is 11.8. The largest absolute Gasteiger partial charge is 0.484 e. The summed E-state index contributed by atoms with van der Waals surface area (Å²) in [6, 6.07) is 6.32. The molecular weight excluding hydrogens is 408 g/mol. The van der Waals surface area contributed by atoms with Gasteiger partial charge < -0.3 is 9.47 Å². The maximum Gasteiger partial charge on any atom is 0.338 e. The predicted molar refractivity (Wildman–Crippen MR) is 125 cm³/mol. The molecule has 0 aliphatic carbocycles. The minimum absolute atomic E-state index is 0.201. The van der Waals surface area contributed by atoms with Gasteiger partial charge in [0, 0.05) is 6.42 Å². The maximum atomic E-state index is 11.8. The molecule has 0 unspecified atom stereocenters. The van der Waals surface area contributed by atoms with Crippen LogP contribution in [0.3, 0.4) is 0 Å². The van der Waals surface area contributed by atoms with Crippen molar-refractivity contribution in [2.24, 2.45) is 0 Å². The van der Waals surface area contributed by atoms with Gasteiger partial charge in [-0.3, -0.25) is 20.4 Å². The first-order valence-electron chi connectivity index (χ1n) is 12.0. The van der Waals surface area contributed by atoms with Crippen LogP contribution in [0.15, 0.2) is 24.3 Å². The molecule has 0 bridgehead atoms. The van der Waals surface area contributed by atoms with Gasteiger partial charge >= 0.3 is 5.97 Å². The average molecular weight is 449 g/mol. The van der Waals surface area contributed by atoms with Crippen LogP contribution in [-0.2, 0) is 14.3 Å². The van der Waals surface area contributed by atoms with Crippen LogP contribution >= 0.6 is 0 Å². The van der Waals surface area contributed by atoms with Crippen LogP contribution < -0.4 is 15.6 Å². The minimum atomic E-state index is -0.452. The fourth-order valence-corrected chi connectivity index (χ4v) is 3.24. The number of unbranched alkanes of at least 4 members (excludes halogenated alkanes) is 10. The Labute approximate surface area is 192 Å². The first-order chi connectivity index (χ1) is 15.6. The van der Waals surface area contributed by atoms with Crippen molar-refractivity contribution in [2.45, 2.75) is 90.9 Å². The summed E-state index contributed by atoms with van der Waals surface area (Å²) in [6.45, 7) is 4.05. The van der Waals surface area contributed by atoms with Gasteiger partial charge in [-0.15, -0.1) is 0 Å². The summed E-state index contributed by atoms with van der Waals surface area (Å²) in [7, 11) is 0. The van der Waals surface area contributed by atoms with Crippen molar-refractivity contribution >= 4 is 17.8 Å². The highest BCUT2D eigenvalue weighted by atomic mass is 16.5. The third-order valence-electron chi connectivity index (χ3n) is 5.08. The lowest BCUT2D eigenvalue weighted by atomic mass is 10.1. The number of carbonyl (C=O) groups is 3. The van der Waals surface area contributed by atoms with Crippen molar-refractivity contribution in [1.29, 1.82) is 0 Å². The molecule has 2 N–H and O–H groups in total. The molecule has 7 nitrogen and oxygen atoms in total. The second-order valence-corrected chi connectivity index (χ2v) is 7.92. The predicted octanol–water partition coefficient (Wildman–Crippen LogP) is 5.09. The van der Waals surface area contributed by atoms with Gasteiger partial charge in [-0.2, -0.15) is 0 Å². The van der Waals surface area contributed by atoms with E-state index in [1.54, 1.807) is 31.2 Å².